The lowest BCUT2D eigenvalue weighted by atomic mass is 10.1. The summed E-state index contributed by atoms with van der Waals surface area (Å²) < 4.78 is 10.9. The Morgan fingerprint density at radius 3 is 2.70 bits per heavy atom. The molecule has 0 aliphatic carbocycles. The van der Waals surface area contributed by atoms with Crippen molar-refractivity contribution in [3.63, 3.8) is 0 Å². The Bertz CT molecular complexity index is 453. The van der Waals surface area contributed by atoms with E-state index in [1.54, 1.807) is 0 Å². The number of morpholine rings is 1. The predicted molar refractivity (Wildman–Crippen MR) is 78.0 cm³/mol. The third-order valence-electron chi connectivity index (χ3n) is 3.65. The van der Waals surface area contributed by atoms with Crippen molar-refractivity contribution in [3.8, 4) is 5.75 Å². The summed E-state index contributed by atoms with van der Waals surface area (Å²) in [4.78, 5) is 13.8. The zero-order valence-electron chi connectivity index (χ0n) is 12.4. The molecule has 20 heavy (non-hydrogen) atoms. The number of rotatable bonds is 5. The number of nitrogens with zero attached hydrogens (tertiary/aromatic N) is 1. The summed E-state index contributed by atoms with van der Waals surface area (Å²) in [5, 5.41) is 0. The quantitative estimate of drug-likeness (QED) is 0.775. The van der Waals surface area contributed by atoms with E-state index in [1.165, 1.54) is 11.1 Å². The molecule has 0 saturated carbocycles. The molecule has 4 nitrogen and oxygen atoms in total. The number of aryl methyl sites for hydroxylation is 2. The minimum absolute atomic E-state index is 0.206. The van der Waals surface area contributed by atoms with Gasteiger partial charge >= 0.3 is 0 Å². The van der Waals surface area contributed by atoms with Crippen LogP contribution in [0.3, 0.4) is 0 Å². The van der Waals surface area contributed by atoms with E-state index >= 15 is 0 Å². The van der Waals surface area contributed by atoms with Gasteiger partial charge in [0.05, 0.1) is 19.8 Å². The monoisotopic (exact) mass is 277 g/mol. The normalized spacial score (nSPS) is 15.2. The van der Waals surface area contributed by atoms with Crippen molar-refractivity contribution in [2.24, 2.45) is 0 Å². The van der Waals surface area contributed by atoms with Gasteiger partial charge in [-0.25, -0.2) is 0 Å². The summed E-state index contributed by atoms with van der Waals surface area (Å²) in [6.45, 7) is 7.49. The number of amides is 1. The molecule has 1 aliphatic rings. The second-order valence-electron chi connectivity index (χ2n) is 5.19. The van der Waals surface area contributed by atoms with E-state index in [1.807, 2.05) is 17.0 Å². The first-order valence-corrected chi connectivity index (χ1v) is 7.22. The Morgan fingerprint density at radius 1 is 1.25 bits per heavy atom. The molecule has 4 heteroatoms. The van der Waals surface area contributed by atoms with Crippen molar-refractivity contribution < 1.29 is 14.3 Å². The first-order valence-electron chi connectivity index (χ1n) is 7.22. The molecule has 1 fully saturated rings. The lowest BCUT2D eigenvalue weighted by Crippen LogP contribution is -2.40. The fourth-order valence-electron chi connectivity index (χ4n) is 2.19. The molecule has 1 aromatic carbocycles. The summed E-state index contributed by atoms with van der Waals surface area (Å²) in [5.74, 6) is 1.09. The molecule has 1 aliphatic heterocycles. The lowest BCUT2D eigenvalue weighted by molar-refractivity contribution is -0.135. The highest BCUT2D eigenvalue weighted by atomic mass is 16.5. The molecule has 0 radical (unpaired) electrons. The van der Waals surface area contributed by atoms with Crippen LogP contribution in [0.25, 0.3) is 0 Å². The van der Waals surface area contributed by atoms with E-state index in [2.05, 4.69) is 19.9 Å². The van der Waals surface area contributed by atoms with Crippen LogP contribution in [0, 0.1) is 13.8 Å². The lowest BCUT2D eigenvalue weighted by Gasteiger charge is -2.26. The van der Waals surface area contributed by atoms with Crippen LogP contribution in [0.4, 0.5) is 0 Å². The first-order chi connectivity index (χ1) is 9.66. The number of hydrogen-bond acceptors (Lipinski definition) is 3. The molecule has 1 aromatic rings. The van der Waals surface area contributed by atoms with Gasteiger partial charge in [-0.3, -0.25) is 4.79 Å². The van der Waals surface area contributed by atoms with E-state index in [0.717, 1.165) is 25.3 Å². The Morgan fingerprint density at radius 2 is 2.00 bits per heavy atom. The van der Waals surface area contributed by atoms with Gasteiger partial charge in [0, 0.05) is 19.5 Å². The molecule has 1 amide bonds. The third kappa shape index (κ3) is 4.23. The zero-order chi connectivity index (χ0) is 14.4. The van der Waals surface area contributed by atoms with Gasteiger partial charge in [0.15, 0.2) is 0 Å². The molecule has 0 spiro atoms. The minimum atomic E-state index is 0.206. The van der Waals surface area contributed by atoms with Crippen LogP contribution in [0.5, 0.6) is 5.75 Å². The van der Waals surface area contributed by atoms with Gasteiger partial charge in [0.2, 0.25) is 5.91 Å². The molecule has 0 atom stereocenters. The molecule has 0 aromatic heterocycles. The third-order valence-corrected chi connectivity index (χ3v) is 3.65. The van der Waals surface area contributed by atoms with E-state index in [-0.39, 0.29) is 5.91 Å². The highest BCUT2D eigenvalue weighted by molar-refractivity contribution is 5.76. The average Bonchev–Trinajstić information content (AvgIpc) is 2.48. The smallest absolute Gasteiger partial charge is 0.222 e. The number of carbonyl (C=O) groups is 1. The van der Waals surface area contributed by atoms with E-state index < -0.39 is 0 Å². The number of benzene rings is 1. The molecule has 0 N–H and O–H groups in total. The highest BCUT2D eigenvalue weighted by Gasteiger charge is 2.15. The molecule has 0 unspecified atom stereocenters. The van der Waals surface area contributed by atoms with Gasteiger partial charge in [0.25, 0.3) is 0 Å². The van der Waals surface area contributed by atoms with Crippen LogP contribution >= 0.6 is 0 Å². The van der Waals surface area contributed by atoms with Gasteiger partial charge < -0.3 is 14.4 Å². The summed E-state index contributed by atoms with van der Waals surface area (Å²) in [7, 11) is 0. The Balaban J connectivity index is 1.68. The van der Waals surface area contributed by atoms with Crippen LogP contribution in [0.15, 0.2) is 18.2 Å². The minimum Gasteiger partial charge on any atom is -0.494 e. The van der Waals surface area contributed by atoms with E-state index in [4.69, 9.17) is 9.47 Å². The van der Waals surface area contributed by atoms with Crippen LogP contribution in [-0.4, -0.2) is 43.7 Å². The maximum absolute atomic E-state index is 11.9. The molecule has 1 heterocycles. The van der Waals surface area contributed by atoms with Crippen molar-refractivity contribution in [2.75, 3.05) is 32.9 Å². The second kappa shape index (κ2) is 7.29. The summed E-state index contributed by atoms with van der Waals surface area (Å²) in [6, 6.07) is 6.08. The summed E-state index contributed by atoms with van der Waals surface area (Å²) >= 11 is 0. The molecular formula is C16H23NO3. The van der Waals surface area contributed by atoms with Crippen molar-refractivity contribution in [3.05, 3.63) is 29.3 Å². The van der Waals surface area contributed by atoms with Crippen molar-refractivity contribution in [1.82, 2.24) is 4.90 Å². The van der Waals surface area contributed by atoms with Crippen LogP contribution in [0.1, 0.15) is 24.0 Å². The maximum atomic E-state index is 11.9. The van der Waals surface area contributed by atoms with Crippen molar-refractivity contribution in [2.45, 2.75) is 26.7 Å². The van der Waals surface area contributed by atoms with Gasteiger partial charge in [-0.05, 0) is 43.5 Å². The van der Waals surface area contributed by atoms with E-state index in [0.29, 0.717) is 26.2 Å². The van der Waals surface area contributed by atoms with E-state index in [9.17, 15) is 4.79 Å². The topological polar surface area (TPSA) is 38.8 Å². The van der Waals surface area contributed by atoms with Crippen molar-refractivity contribution in [1.29, 1.82) is 0 Å². The second-order valence-corrected chi connectivity index (χ2v) is 5.19. The maximum Gasteiger partial charge on any atom is 0.222 e. The number of ether oxygens (including phenoxy) is 2. The van der Waals surface area contributed by atoms with Crippen LogP contribution in [-0.2, 0) is 9.53 Å². The van der Waals surface area contributed by atoms with Crippen LogP contribution in [0.2, 0.25) is 0 Å². The Hall–Kier alpha value is -1.55. The van der Waals surface area contributed by atoms with Crippen LogP contribution < -0.4 is 4.74 Å². The van der Waals surface area contributed by atoms with Gasteiger partial charge in [-0.1, -0.05) is 6.07 Å². The number of hydrogen-bond donors (Lipinski definition) is 0. The standard InChI is InChI=1S/C16H23NO3/c1-13-5-6-15(12-14(13)2)20-9-3-4-16(18)17-7-10-19-11-8-17/h5-6,12H,3-4,7-11H2,1-2H3. The Kier molecular flexibility index (Phi) is 5.41. The molecule has 0 bridgehead atoms. The largest absolute Gasteiger partial charge is 0.494 e. The average molecular weight is 277 g/mol. The molecule has 1 saturated heterocycles. The molecule has 2 rings (SSSR count). The fraction of sp³-hybridized carbons (Fsp3) is 0.562. The van der Waals surface area contributed by atoms with Gasteiger partial charge in [-0.2, -0.15) is 0 Å². The summed E-state index contributed by atoms with van der Waals surface area (Å²) in [5.41, 5.74) is 2.49. The highest BCUT2D eigenvalue weighted by Crippen LogP contribution is 2.16. The first kappa shape index (κ1) is 14.9. The van der Waals surface area contributed by atoms with Gasteiger partial charge in [-0.15, -0.1) is 0 Å². The predicted octanol–water partition coefficient (Wildman–Crippen LogP) is 2.32. The summed E-state index contributed by atoms with van der Waals surface area (Å²) in [6.07, 6.45) is 1.30. The zero-order valence-corrected chi connectivity index (χ0v) is 12.4. The molecular weight excluding hydrogens is 254 g/mol. The number of carbonyl (C=O) groups excluding carboxylic acids is 1. The SMILES string of the molecule is Cc1ccc(OCCCC(=O)N2CCOCC2)cc1C. The van der Waals surface area contributed by atoms with Crippen molar-refractivity contribution >= 4 is 5.91 Å². The fourth-order valence-corrected chi connectivity index (χ4v) is 2.19. The van der Waals surface area contributed by atoms with Gasteiger partial charge in [0.1, 0.15) is 5.75 Å². The molecule has 110 valence electrons. The Labute approximate surface area is 120 Å².